The van der Waals surface area contributed by atoms with Crippen molar-refractivity contribution in [2.75, 3.05) is 13.2 Å². The molecular formula is C18H19BrN2O4. The van der Waals surface area contributed by atoms with Gasteiger partial charge in [-0.2, -0.15) is 0 Å². The highest BCUT2D eigenvalue weighted by molar-refractivity contribution is 9.10. The molecule has 2 aromatic rings. The van der Waals surface area contributed by atoms with Crippen molar-refractivity contribution in [1.82, 2.24) is 9.88 Å². The molecule has 2 heterocycles. The number of rotatable bonds is 4. The minimum absolute atomic E-state index is 0.0720. The Bertz CT molecular complexity index is 844. The van der Waals surface area contributed by atoms with Gasteiger partial charge >= 0.3 is 0 Å². The maximum Gasteiger partial charge on any atom is 0.268 e. The molecule has 1 aromatic heterocycles. The first-order valence-corrected chi connectivity index (χ1v) is 8.73. The van der Waals surface area contributed by atoms with E-state index < -0.39 is 0 Å². The smallest absolute Gasteiger partial charge is 0.268 e. The predicted molar refractivity (Wildman–Crippen MR) is 96.4 cm³/mol. The molecule has 7 heteroatoms. The van der Waals surface area contributed by atoms with Crippen LogP contribution >= 0.6 is 15.9 Å². The average Bonchev–Trinajstić information content (AvgIpc) is 2.96. The molecule has 25 heavy (non-hydrogen) atoms. The van der Waals surface area contributed by atoms with Gasteiger partial charge in [-0.15, -0.1) is 0 Å². The molecule has 0 aliphatic carbocycles. The molecule has 0 fully saturated rings. The highest BCUT2D eigenvalue weighted by atomic mass is 79.9. The number of nitrogens with zero attached hydrogens (tertiary/aromatic N) is 1. The molecule has 1 atom stereocenters. The van der Waals surface area contributed by atoms with Gasteiger partial charge in [-0.3, -0.25) is 9.59 Å². The van der Waals surface area contributed by atoms with Gasteiger partial charge in [-0.25, -0.2) is 0 Å². The second-order valence-electron chi connectivity index (χ2n) is 5.99. The number of hydrogen-bond acceptors (Lipinski definition) is 4. The number of fused-ring (bicyclic) bond motifs is 1. The lowest BCUT2D eigenvalue weighted by Gasteiger charge is -2.22. The molecule has 3 rings (SSSR count). The summed E-state index contributed by atoms with van der Waals surface area (Å²) in [4.78, 5) is 24.1. The monoisotopic (exact) mass is 406 g/mol. The Kier molecular flexibility index (Phi) is 4.85. The van der Waals surface area contributed by atoms with Crippen molar-refractivity contribution in [2.24, 2.45) is 7.05 Å². The van der Waals surface area contributed by atoms with Crippen LogP contribution in [-0.2, 0) is 7.05 Å². The zero-order valence-corrected chi connectivity index (χ0v) is 15.8. The number of carbonyl (C=O) groups excluding carboxylic acids is 2. The molecule has 1 amide bonds. The third kappa shape index (κ3) is 3.56. The van der Waals surface area contributed by atoms with E-state index in [2.05, 4.69) is 21.2 Å². The maximum absolute atomic E-state index is 12.6. The van der Waals surface area contributed by atoms with Crippen LogP contribution in [0.2, 0.25) is 0 Å². The van der Waals surface area contributed by atoms with E-state index in [4.69, 9.17) is 9.47 Å². The second-order valence-corrected chi connectivity index (χ2v) is 6.85. The number of ether oxygens (including phenoxy) is 2. The van der Waals surface area contributed by atoms with Gasteiger partial charge in [-0.1, -0.05) is 15.9 Å². The van der Waals surface area contributed by atoms with Crippen molar-refractivity contribution >= 4 is 27.6 Å². The summed E-state index contributed by atoms with van der Waals surface area (Å²) in [6.07, 6.45) is 1.65. The van der Waals surface area contributed by atoms with E-state index in [1.807, 2.05) is 19.1 Å². The van der Waals surface area contributed by atoms with E-state index in [9.17, 15) is 9.59 Å². The summed E-state index contributed by atoms with van der Waals surface area (Å²) in [7, 11) is 1.74. The lowest BCUT2D eigenvalue weighted by atomic mass is 10.1. The van der Waals surface area contributed by atoms with E-state index in [-0.39, 0.29) is 17.7 Å². The molecule has 6 nitrogen and oxygen atoms in total. The summed E-state index contributed by atoms with van der Waals surface area (Å²) < 4.78 is 13.6. The molecule has 0 saturated heterocycles. The number of amides is 1. The molecule has 0 bridgehead atoms. The van der Waals surface area contributed by atoms with Crippen LogP contribution in [0.15, 0.2) is 28.9 Å². The molecule has 132 valence electrons. The van der Waals surface area contributed by atoms with E-state index in [0.717, 1.165) is 10.0 Å². The standard InChI is InChI=1S/C18H19BrN2O4/c1-10(13-7-16-17(8-14(13)19)25-5-4-24-16)20-18(23)15-6-12(11(2)22)9-21(15)3/h6-10H,4-5H2,1-3H3,(H,20,23)/t10-/m0/s1. The Balaban J connectivity index is 1.81. The summed E-state index contributed by atoms with van der Waals surface area (Å²) in [6, 6.07) is 5.06. The minimum Gasteiger partial charge on any atom is -0.486 e. The van der Waals surface area contributed by atoms with Gasteiger partial charge in [0, 0.05) is 23.3 Å². The van der Waals surface area contributed by atoms with Crippen LogP contribution < -0.4 is 14.8 Å². The molecule has 0 saturated carbocycles. The highest BCUT2D eigenvalue weighted by Gasteiger charge is 2.21. The summed E-state index contributed by atoms with van der Waals surface area (Å²) in [5.74, 6) is 1.04. The third-order valence-corrected chi connectivity index (χ3v) is 4.81. The molecule has 0 unspecified atom stereocenters. The zero-order valence-electron chi connectivity index (χ0n) is 14.3. The van der Waals surface area contributed by atoms with Crippen LogP contribution in [0.5, 0.6) is 11.5 Å². The third-order valence-electron chi connectivity index (χ3n) is 4.12. The van der Waals surface area contributed by atoms with Crippen molar-refractivity contribution in [3.63, 3.8) is 0 Å². The number of Topliss-reactive ketones (excluding diaryl/α,β-unsaturated/α-hetero) is 1. The minimum atomic E-state index is -0.256. The Hall–Kier alpha value is -2.28. The molecule has 1 aliphatic heterocycles. The van der Waals surface area contributed by atoms with Gasteiger partial charge in [0.2, 0.25) is 0 Å². The Labute approximate surface area is 154 Å². The number of carbonyl (C=O) groups is 2. The van der Waals surface area contributed by atoms with Crippen LogP contribution in [0.3, 0.4) is 0 Å². The van der Waals surface area contributed by atoms with Gasteiger partial charge in [0.15, 0.2) is 17.3 Å². The van der Waals surface area contributed by atoms with Crippen molar-refractivity contribution in [1.29, 1.82) is 0 Å². The van der Waals surface area contributed by atoms with Crippen molar-refractivity contribution in [2.45, 2.75) is 19.9 Å². The summed E-state index contributed by atoms with van der Waals surface area (Å²) >= 11 is 3.52. The van der Waals surface area contributed by atoms with Crippen LogP contribution in [0.25, 0.3) is 0 Å². The van der Waals surface area contributed by atoms with Crippen LogP contribution in [0.1, 0.15) is 46.3 Å². The van der Waals surface area contributed by atoms with Gasteiger partial charge < -0.3 is 19.4 Å². The topological polar surface area (TPSA) is 69.6 Å². The van der Waals surface area contributed by atoms with Crippen molar-refractivity contribution in [3.8, 4) is 11.5 Å². The molecule has 0 radical (unpaired) electrons. The van der Waals surface area contributed by atoms with Gasteiger partial charge in [0.05, 0.1) is 6.04 Å². The molecule has 1 N–H and O–H groups in total. The number of aryl methyl sites for hydroxylation is 1. The molecule has 1 aromatic carbocycles. The summed E-state index contributed by atoms with van der Waals surface area (Å²) in [6.45, 7) is 4.40. The average molecular weight is 407 g/mol. The largest absolute Gasteiger partial charge is 0.486 e. The predicted octanol–water partition coefficient (Wildman–Crippen LogP) is 3.25. The lowest BCUT2D eigenvalue weighted by Crippen LogP contribution is -2.28. The Morgan fingerprint density at radius 1 is 1.20 bits per heavy atom. The number of nitrogens with one attached hydrogen (secondary N) is 1. The molecule has 1 aliphatic rings. The Morgan fingerprint density at radius 2 is 1.84 bits per heavy atom. The van der Waals surface area contributed by atoms with Crippen LogP contribution in [0.4, 0.5) is 0 Å². The summed E-state index contributed by atoms with van der Waals surface area (Å²) in [5.41, 5.74) is 1.84. The number of benzene rings is 1. The first kappa shape index (κ1) is 17.5. The first-order valence-electron chi connectivity index (χ1n) is 7.94. The fourth-order valence-electron chi connectivity index (χ4n) is 2.74. The van der Waals surface area contributed by atoms with Crippen LogP contribution in [0, 0.1) is 0 Å². The summed E-state index contributed by atoms with van der Waals surface area (Å²) in [5, 5.41) is 2.96. The second kappa shape index (κ2) is 6.92. The van der Waals surface area contributed by atoms with E-state index >= 15 is 0 Å². The SMILES string of the molecule is CC(=O)c1cc(C(=O)N[C@@H](C)c2cc3c(cc2Br)OCCO3)n(C)c1. The number of hydrogen-bond donors (Lipinski definition) is 1. The number of ketones is 1. The highest BCUT2D eigenvalue weighted by Crippen LogP contribution is 2.37. The lowest BCUT2D eigenvalue weighted by molar-refractivity contribution is 0.0931. The quantitative estimate of drug-likeness (QED) is 0.791. The fraction of sp³-hybridized carbons (Fsp3) is 0.333. The van der Waals surface area contributed by atoms with Gasteiger partial charge in [-0.05, 0) is 37.6 Å². The van der Waals surface area contributed by atoms with Crippen molar-refractivity contribution < 1.29 is 19.1 Å². The molecule has 0 spiro atoms. The van der Waals surface area contributed by atoms with Crippen LogP contribution in [-0.4, -0.2) is 29.5 Å². The van der Waals surface area contributed by atoms with Gasteiger partial charge in [0.25, 0.3) is 5.91 Å². The van der Waals surface area contributed by atoms with Gasteiger partial charge in [0.1, 0.15) is 18.9 Å². The van der Waals surface area contributed by atoms with E-state index in [0.29, 0.717) is 36.0 Å². The first-order chi connectivity index (χ1) is 11.9. The number of aromatic nitrogens is 1. The Morgan fingerprint density at radius 3 is 2.44 bits per heavy atom. The van der Waals surface area contributed by atoms with E-state index in [1.165, 1.54) is 6.92 Å². The fourth-order valence-corrected chi connectivity index (χ4v) is 3.41. The van der Waals surface area contributed by atoms with E-state index in [1.54, 1.807) is 23.9 Å². The zero-order chi connectivity index (χ0) is 18.1. The molecular weight excluding hydrogens is 388 g/mol. The number of halogens is 1. The van der Waals surface area contributed by atoms with Crippen molar-refractivity contribution in [3.05, 3.63) is 45.7 Å². The maximum atomic E-state index is 12.6. The normalized spacial score (nSPS) is 14.1.